The molecule has 7 N–H and O–H groups in total. The Kier molecular flexibility index (Phi) is 19.6. The van der Waals surface area contributed by atoms with Gasteiger partial charge in [0.15, 0.2) is 0 Å². The Hall–Kier alpha value is -6.18. The molecule has 342 valence electrons. The van der Waals surface area contributed by atoms with Gasteiger partial charge in [-0.25, -0.2) is 24.4 Å². The molecule has 0 bridgehead atoms. The lowest BCUT2D eigenvalue weighted by Gasteiger charge is -2.22. The number of carbonyl (C=O) groups excluding carboxylic acids is 2. The van der Waals surface area contributed by atoms with E-state index in [4.69, 9.17) is 62.3 Å². The first-order chi connectivity index (χ1) is 30.1. The monoisotopic (exact) mass is 958 g/mol. The minimum absolute atomic E-state index is 0.0444. The molecule has 16 nitrogen and oxygen atoms in total. The highest BCUT2D eigenvalue weighted by atomic mass is 35.5. The molecule has 25 heteroatoms. The number of ether oxygens (including phenoxy) is 2. The number of nitrogens with zero attached hydrogens (tertiary/aromatic N) is 5. The van der Waals surface area contributed by atoms with Crippen LogP contribution in [0.25, 0.3) is 21.7 Å². The van der Waals surface area contributed by atoms with E-state index in [-0.39, 0.29) is 19.8 Å². The Morgan fingerprint density at radius 1 is 0.922 bits per heavy atom. The first-order valence-corrected chi connectivity index (χ1v) is 20.6. The quantitative estimate of drug-likeness (QED) is 0.0411. The molecule has 0 saturated carbocycles. The molecule has 0 unspecified atom stereocenters. The zero-order valence-electron chi connectivity index (χ0n) is 33.2. The van der Waals surface area contributed by atoms with E-state index in [1.165, 1.54) is 30.0 Å². The number of alkyl halides is 6. The molecule has 0 radical (unpaired) electrons. The van der Waals surface area contributed by atoms with Gasteiger partial charge in [-0.2, -0.15) is 36.9 Å². The fraction of sp³-hybridized carbons (Fsp3) is 0.333. The van der Waals surface area contributed by atoms with E-state index >= 15 is 0 Å². The minimum Gasteiger partial charge on any atom is -0.490 e. The van der Waals surface area contributed by atoms with Crippen LogP contribution >= 0.6 is 34.7 Å². The van der Waals surface area contributed by atoms with Crippen molar-refractivity contribution in [2.75, 3.05) is 37.7 Å². The molecule has 4 aromatic rings. The molecule has 1 amide bonds. The zero-order valence-corrected chi connectivity index (χ0v) is 35.6. The number of anilines is 1. The second kappa shape index (κ2) is 24.0. The fourth-order valence-corrected chi connectivity index (χ4v) is 7.12. The predicted molar refractivity (Wildman–Crippen MR) is 221 cm³/mol. The van der Waals surface area contributed by atoms with Gasteiger partial charge in [-0.1, -0.05) is 47.6 Å². The molecule has 2 aromatic carbocycles. The van der Waals surface area contributed by atoms with Crippen LogP contribution in [0.4, 0.5) is 32.2 Å². The van der Waals surface area contributed by atoms with Gasteiger partial charge in [0.1, 0.15) is 58.6 Å². The molecule has 1 aliphatic heterocycles. The van der Waals surface area contributed by atoms with Gasteiger partial charge in [0.2, 0.25) is 5.91 Å². The van der Waals surface area contributed by atoms with E-state index in [0.717, 1.165) is 42.2 Å². The maximum Gasteiger partial charge on any atom is 0.490 e. The molecular formula is C39H37ClF6N8O8S2. The summed E-state index contributed by atoms with van der Waals surface area (Å²) in [6, 6.07) is 17.4. The Morgan fingerprint density at radius 2 is 1.47 bits per heavy atom. The van der Waals surface area contributed by atoms with E-state index in [1.54, 1.807) is 24.3 Å². The molecule has 0 spiro atoms. The summed E-state index contributed by atoms with van der Waals surface area (Å²) in [6.45, 7) is 3.01. The molecule has 1 saturated heterocycles. The third kappa shape index (κ3) is 15.6. The average molecular weight is 959 g/mol. The molecular weight excluding hydrogens is 922 g/mol. The van der Waals surface area contributed by atoms with Crippen LogP contribution in [0.2, 0.25) is 5.02 Å². The lowest BCUT2D eigenvalue weighted by molar-refractivity contribution is -0.193. The number of benzene rings is 2. The number of carboxylic acids is 2. The lowest BCUT2D eigenvalue weighted by Crippen LogP contribution is -2.50. The number of thioether (sulfide) groups is 1. The topological polar surface area (TPSA) is 268 Å². The minimum atomic E-state index is -5.08. The van der Waals surface area contributed by atoms with Crippen LogP contribution in [0.15, 0.2) is 58.9 Å². The normalized spacial score (nSPS) is 13.1. The highest BCUT2D eigenvalue weighted by Gasteiger charge is 2.39. The van der Waals surface area contributed by atoms with Crippen LogP contribution in [0.3, 0.4) is 0 Å². The van der Waals surface area contributed by atoms with Crippen molar-refractivity contribution < 1.29 is 65.2 Å². The number of aromatic nitrogens is 2. The van der Waals surface area contributed by atoms with Crippen molar-refractivity contribution in [2.45, 2.75) is 55.0 Å². The number of thiazole rings is 1. The van der Waals surface area contributed by atoms with Crippen LogP contribution in [0, 0.1) is 22.7 Å². The highest BCUT2D eigenvalue weighted by molar-refractivity contribution is 7.98. The number of carboxylic acid groups (broad SMARTS) is 2. The first-order valence-electron chi connectivity index (χ1n) is 18.3. The third-order valence-corrected chi connectivity index (χ3v) is 10.5. The number of esters is 1. The lowest BCUT2D eigenvalue weighted by atomic mass is 9.96. The molecule has 3 heterocycles. The fourth-order valence-electron chi connectivity index (χ4n) is 5.18. The summed E-state index contributed by atoms with van der Waals surface area (Å²) in [6.07, 6.45) is -8.18. The van der Waals surface area contributed by atoms with Gasteiger partial charge in [0.05, 0.1) is 17.3 Å². The predicted octanol–water partition coefficient (Wildman–Crippen LogP) is 6.14. The number of aliphatic carboxylic acids is 2. The van der Waals surface area contributed by atoms with Crippen LogP contribution in [0.1, 0.15) is 36.6 Å². The second-order valence-corrected chi connectivity index (χ2v) is 15.2. The number of nitrogens with two attached hydrogens (primary N) is 2. The summed E-state index contributed by atoms with van der Waals surface area (Å²) in [5.74, 6) is -5.13. The standard InChI is InChI=1S/C35H35ClN8O4S2.2C2HF3O2/c1-21(41-32(45)29(40)18-39)35(46)48-15-14-47-26-10-6-22(7-11-26)30-27(16-37)31(44-12-2-3-13-44)43-34(28(30)17-38)50-20-25-19-49-33(42-25)23-4-8-24(36)9-5-23;2*3-2(4,5)1(6)7/h4-11,19,21,29H,2-3,12-15,18,20,39-40H2,1H3,(H,41,45);2*(H,6,7)/t21-,29-;;/m0../s1. The van der Waals surface area contributed by atoms with Gasteiger partial charge in [-0.05, 0) is 49.6 Å². The van der Waals surface area contributed by atoms with E-state index in [2.05, 4.69) is 22.4 Å². The summed E-state index contributed by atoms with van der Waals surface area (Å²) in [5.41, 5.74) is 14.6. The molecule has 0 aliphatic carbocycles. The van der Waals surface area contributed by atoms with Crippen molar-refractivity contribution in [2.24, 2.45) is 11.5 Å². The van der Waals surface area contributed by atoms with E-state index < -0.39 is 48.3 Å². The maximum absolute atomic E-state index is 12.2. The van der Waals surface area contributed by atoms with E-state index in [0.29, 0.717) is 49.6 Å². The Morgan fingerprint density at radius 3 is 1.98 bits per heavy atom. The Balaban J connectivity index is 0.000000671. The summed E-state index contributed by atoms with van der Waals surface area (Å²) in [4.78, 5) is 53.7. The Bertz CT molecular complexity index is 2310. The second-order valence-electron chi connectivity index (χ2n) is 12.9. The van der Waals surface area contributed by atoms with Crippen LogP contribution in [0.5, 0.6) is 5.75 Å². The summed E-state index contributed by atoms with van der Waals surface area (Å²) in [5, 5.41) is 41.6. The summed E-state index contributed by atoms with van der Waals surface area (Å²) >= 11 is 9.00. The summed E-state index contributed by atoms with van der Waals surface area (Å²) in [7, 11) is 0. The number of halogens is 7. The largest absolute Gasteiger partial charge is 0.490 e. The number of rotatable bonds is 14. The van der Waals surface area contributed by atoms with Crippen LogP contribution < -0.4 is 26.4 Å². The van der Waals surface area contributed by atoms with Crippen molar-refractivity contribution in [3.63, 3.8) is 0 Å². The number of hydrogen-bond donors (Lipinski definition) is 5. The SMILES string of the molecule is C[C@H](NC(=O)[C@@H](N)CN)C(=O)OCCOc1ccc(-c2c(C#N)c(SCc3csc(-c4ccc(Cl)cc4)n3)nc(N3CCCC3)c2C#N)cc1.O=C(O)C(F)(F)F.O=C(O)C(F)(F)F. The van der Waals surface area contributed by atoms with Crippen molar-refractivity contribution in [1.82, 2.24) is 15.3 Å². The third-order valence-electron chi connectivity index (χ3n) is 8.30. The molecule has 2 aromatic heterocycles. The molecule has 64 heavy (non-hydrogen) atoms. The molecule has 2 atom stereocenters. The van der Waals surface area contributed by atoms with Gasteiger partial charge in [0, 0.05) is 46.9 Å². The highest BCUT2D eigenvalue weighted by Crippen LogP contribution is 2.40. The van der Waals surface area contributed by atoms with E-state index in [9.17, 15) is 46.5 Å². The van der Waals surface area contributed by atoms with Crippen molar-refractivity contribution in [1.29, 1.82) is 10.5 Å². The number of nitriles is 2. The van der Waals surface area contributed by atoms with Gasteiger partial charge < -0.3 is 41.4 Å². The number of pyridine rings is 1. The number of carbonyl (C=O) groups is 4. The van der Waals surface area contributed by atoms with Crippen LogP contribution in [-0.4, -0.2) is 101 Å². The number of nitrogens with one attached hydrogen (secondary N) is 1. The molecule has 1 fully saturated rings. The van der Waals surface area contributed by atoms with Crippen molar-refractivity contribution in [3.05, 3.63) is 75.8 Å². The smallest absolute Gasteiger partial charge is 0.490 e. The van der Waals surface area contributed by atoms with Gasteiger partial charge >= 0.3 is 30.3 Å². The van der Waals surface area contributed by atoms with Gasteiger partial charge in [-0.3, -0.25) is 4.79 Å². The maximum atomic E-state index is 12.2. The average Bonchev–Trinajstić information content (AvgIpc) is 3.97. The number of amides is 1. The molecule has 5 rings (SSSR count). The summed E-state index contributed by atoms with van der Waals surface area (Å²) < 4.78 is 74.4. The molecule has 1 aliphatic rings. The first kappa shape index (κ1) is 52.2. The van der Waals surface area contributed by atoms with Gasteiger partial charge in [0.25, 0.3) is 0 Å². The number of hydrogen-bond acceptors (Lipinski definition) is 15. The van der Waals surface area contributed by atoms with E-state index in [1.807, 2.05) is 29.6 Å². The van der Waals surface area contributed by atoms with Crippen LogP contribution in [-0.2, 0) is 29.7 Å². The Labute approximate surface area is 373 Å². The van der Waals surface area contributed by atoms with Crippen molar-refractivity contribution >= 4 is 64.3 Å². The zero-order chi connectivity index (χ0) is 47.8. The van der Waals surface area contributed by atoms with Gasteiger partial charge in [-0.15, -0.1) is 11.3 Å². The van der Waals surface area contributed by atoms with Crippen molar-refractivity contribution in [3.8, 4) is 39.6 Å².